The number of rotatable bonds is 3. The van der Waals surface area contributed by atoms with Crippen LogP contribution in [-0.4, -0.2) is 9.97 Å². The first kappa shape index (κ1) is 15.6. The van der Waals surface area contributed by atoms with Crippen LogP contribution in [0.3, 0.4) is 0 Å². The molecule has 2 nitrogen and oxygen atoms in total. The van der Waals surface area contributed by atoms with E-state index >= 15 is 0 Å². The molecule has 0 saturated carbocycles. The van der Waals surface area contributed by atoms with Gasteiger partial charge in [-0.3, -0.25) is 0 Å². The number of hydrogen-bond acceptors (Lipinski definition) is 0. The molecule has 2 aromatic rings. The smallest absolute Gasteiger partial charge is 0.0175 e. The van der Waals surface area contributed by atoms with Crippen LogP contribution < -0.4 is 0 Å². The van der Waals surface area contributed by atoms with E-state index in [4.69, 9.17) is 0 Å². The van der Waals surface area contributed by atoms with Gasteiger partial charge in [-0.1, -0.05) is 34.6 Å². The molecular weight excluding hydrogens is 232 g/mol. The number of H-pyrrole nitrogens is 2. The van der Waals surface area contributed by atoms with Crippen LogP contribution in [0, 0.1) is 6.92 Å². The van der Waals surface area contributed by atoms with E-state index in [1.165, 1.54) is 22.8 Å². The van der Waals surface area contributed by atoms with E-state index in [1.807, 2.05) is 0 Å². The number of aromatic nitrogens is 2. The van der Waals surface area contributed by atoms with Gasteiger partial charge in [-0.2, -0.15) is 0 Å². The number of aryl methyl sites for hydroxylation is 2. The Morgan fingerprint density at radius 2 is 1.37 bits per heavy atom. The molecule has 0 fully saturated rings. The van der Waals surface area contributed by atoms with Gasteiger partial charge in [-0.25, -0.2) is 0 Å². The van der Waals surface area contributed by atoms with Crippen LogP contribution in [0.2, 0.25) is 0 Å². The summed E-state index contributed by atoms with van der Waals surface area (Å²) < 4.78 is 0. The van der Waals surface area contributed by atoms with Crippen LogP contribution in [-0.2, 0) is 6.42 Å². The third-order valence-corrected chi connectivity index (χ3v) is 3.25. The minimum absolute atomic E-state index is 0.613. The second-order valence-electron chi connectivity index (χ2n) is 5.70. The van der Waals surface area contributed by atoms with E-state index in [2.05, 4.69) is 75.8 Å². The summed E-state index contributed by atoms with van der Waals surface area (Å²) in [5.41, 5.74) is 5.26. The average molecular weight is 260 g/mol. The molecular formula is C17H28N2. The quantitative estimate of drug-likeness (QED) is 0.765. The van der Waals surface area contributed by atoms with E-state index in [1.54, 1.807) is 0 Å². The fourth-order valence-corrected chi connectivity index (χ4v) is 1.87. The Bertz CT molecular complexity index is 452. The largest absolute Gasteiger partial charge is 0.363 e. The molecule has 2 heterocycles. The monoisotopic (exact) mass is 260 g/mol. The Morgan fingerprint density at radius 1 is 0.842 bits per heavy atom. The van der Waals surface area contributed by atoms with Crippen LogP contribution in [0.5, 0.6) is 0 Å². The van der Waals surface area contributed by atoms with E-state index in [-0.39, 0.29) is 0 Å². The van der Waals surface area contributed by atoms with Crippen molar-refractivity contribution in [3.63, 3.8) is 0 Å². The fourth-order valence-electron chi connectivity index (χ4n) is 1.87. The van der Waals surface area contributed by atoms with Crippen molar-refractivity contribution in [3.8, 4) is 0 Å². The molecule has 0 spiro atoms. The normalized spacial score (nSPS) is 10.7. The fraction of sp³-hybridized carbons (Fsp3) is 0.529. The molecule has 0 amide bonds. The molecule has 19 heavy (non-hydrogen) atoms. The van der Waals surface area contributed by atoms with Gasteiger partial charge in [0.05, 0.1) is 0 Å². The van der Waals surface area contributed by atoms with Crippen molar-refractivity contribution in [3.05, 3.63) is 47.0 Å². The van der Waals surface area contributed by atoms with Crippen molar-refractivity contribution in [2.24, 2.45) is 0 Å². The first-order chi connectivity index (χ1) is 8.93. The van der Waals surface area contributed by atoms with Crippen LogP contribution in [0.4, 0.5) is 0 Å². The van der Waals surface area contributed by atoms with Crippen LogP contribution >= 0.6 is 0 Å². The van der Waals surface area contributed by atoms with E-state index in [0.717, 1.165) is 6.42 Å². The molecule has 0 unspecified atom stereocenters. The second-order valence-corrected chi connectivity index (χ2v) is 5.70. The van der Waals surface area contributed by atoms with Gasteiger partial charge in [0.15, 0.2) is 0 Å². The third kappa shape index (κ3) is 4.98. The molecule has 0 atom stereocenters. The Morgan fingerprint density at radius 3 is 1.58 bits per heavy atom. The van der Waals surface area contributed by atoms with E-state index in [0.29, 0.717) is 11.8 Å². The van der Waals surface area contributed by atoms with Crippen LogP contribution in [0.1, 0.15) is 69.2 Å². The average Bonchev–Trinajstić information content (AvgIpc) is 2.97. The molecule has 0 saturated heterocycles. The number of aromatic amines is 2. The SMILES string of the molecule is CC(C)c1ccc(C(C)C)[nH]1.CCc1ccc(C)[nH]1. The molecule has 0 aromatic carbocycles. The zero-order valence-electron chi connectivity index (χ0n) is 13.2. The van der Waals surface area contributed by atoms with Crippen LogP contribution in [0.15, 0.2) is 24.3 Å². The summed E-state index contributed by atoms with van der Waals surface area (Å²) in [5.74, 6) is 1.23. The zero-order chi connectivity index (χ0) is 14.4. The van der Waals surface area contributed by atoms with Gasteiger partial charge < -0.3 is 9.97 Å². The van der Waals surface area contributed by atoms with Crippen molar-refractivity contribution < 1.29 is 0 Å². The van der Waals surface area contributed by atoms with Gasteiger partial charge in [0, 0.05) is 22.8 Å². The highest BCUT2D eigenvalue weighted by Gasteiger charge is 2.04. The topological polar surface area (TPSA) is 31.6 Å². The molecule has 0 bridgehead atoms. The van der Waals surface area contributed by atoms with Crippen molar-refractivity contribution in [2.75, 3.05) is 0 Å². The lowest BCUT2D eigenvalue weighted by molar-refractivity contribution is 0.787. The summed E-state index contributed by atoms with van der Waals surface area (Å²) >= 11 is 0. The molecule has 2 N–H and O–H groups in total. The maximum atomic E-state index is 3.41. The van der Waals surface area contributed by atoms with Gasteiger partial charge in [-0.15, -0.1) is 0 Å². The third-order valence-electron chi connectivity index (χ3n) is 3.25. The minimum atomic E-state index is 0.613. The molecule has 106 valence electrons. The Hall–Kier alpha value is -1.44. The molecule has 2 aromatic heterocycles. The highest BCUT2D eigenvalue weighted by Crippen LogP contribution is 2.18. The van der Waals surface area contributed by atoms with Gasteiger partial charge in [0.1, 0.15) is 0 Å². The molecule has 0 aliphatic carbocycles. The predicted octanol–water partition coefficient (Wildman–Crippen LogP) is 5.15. The van der Waals surface area contributed by atoms with Crippen molar-refractivity contribution in [1.82, 2.24) is 9.97 Å². The van der Waals surface area contributed by atoms with Crippen molar-refractivity contribution >= 4 is 0 Å². The molecule has 0 radical (unpaired) electrons. The van der Waals surface area contributed by atoms with Gasteiger partial charge in [-0.05, 0) is 49.4 Å². The first-order valence-electron chi connectivity index (χ1n) is 7.27. The van der Waals surface area contributed by atoms with Gasteiger partial charge >= 0.3 is 0 Å². The Kier molecular flexibility index (Phi) is 5.94. The lowest BCUT2D eigenvalue weighted by Gasteiger charge is -2.02. The lowest BCUT2D eigenvalue weighted by Crippen LogP contribution is -1.90. The number of hydrogen-bond donors (Lipinski definition) is 2. The highest BCUT2D eigenvalue weighted by molar-refractivity contribution is 5.17. The summed E-state index contributed by atoms with van der Waals surface area (Å²) in [6.45, 7) is 13.0. The molecule has 2 heteroatoms. The standard InChI is InChI=1S/C10H17N.C7H11N/c1-7(2)9-5-6-10(11-9)8(3)4;1-3-7-5-4-6(2)8-7/h5-8,11H,1-4H3;4-5,8H,3H2,1-2H3. The van der Waals surface area contributed by atoms with E-state index in [9.17, 15) is 0 Å². The number of nitrogens with one attached hydrogen (secondary N) is 2. The summed E-state index contributed by atoms with van der Waals surface area (Å²) in [5, 5.41) is 0. The Balaban J connectivity index is 0.000000200. The molecule has 0 aliphatic rings. The summed E-state index contributed by atoms with van der Waals surface area (Å²) in [6.07, 6.45) is 1.10. The predicted molar refractivity (Wildman–Crippen MR) is 83.9 cm³/mol. The molecule has 0 aliphatic heterocycles. The summed E-state index contributed by atoms with van der Waals surface area (Å²) in [6, 6.07) is 8.58. The van der Waals surface area contributed by atoms with E-state index < -0.39 is 0 Å². The Labute approximate surface area is 117 Å². The summed E-state index contributed by atoms with van der Waals surface area (Å²) in [7, 11) is 0. The minimum Gasteiger partial charge on any atom is -0.363 e. The van der Waals surface area contributed by atoms with Crippen molar-refractivity contribution in [1.29, 1.82) is 0 Å². The van der Waals surface area contributed by atoms with Gasteiger partial charge in [0.2, 0.25) is 0 Å². The highest BCUT2D eigenvalue weighted by atomic mass is 14.7. The second kappa shape index (κ2) is 7.22. The van der Waals surface area contributed by atoms with Gasteiger partial charge in [0.25, 0.3) is 0 Å². The maximum Gasteiger partial charge on any atom is 0.0175 e. The van der Waals surface area contributed by atoms with Crippen molar-refractivity contribution in [2.45, 2.75) is 59.8 Å². The van der Waals surface area contributed by atoms with Crippen LogP contribution in [0.25, 0.3) is 0 Å². The molecule has 2 rings (SSSR count). The lowest BCUT2D eigenvalue weighted by atomic mass is 10.1. The zero-order valence-corrected chi connectivity index (χ0v) is 13.2. The first-order valence-corrected chi connectivity index (χ1v) is 7.27. The maximum absolute atomic E-state index is 3.41. The summed E-state index contributed by atoms with van der Waals surface area (Å²) in [4.78, 5) is 6.64.